The smallest absolute Gasteiger partial charge is 0.292 e. The van der Waals surface area contributed by atoms with Gasteiger partial charge in [-0.3, -0.25) is 4.79 Å². The molecule has 1 amide bonds. The monoisotopic (exact) mass is 495 g/mol. The normalized spacial score (nSPS) is 10.4. The molecule has 0 aliphatic rings. The third kappa shape index (κ3) is 5.15. The summed E-state index contributed by atoms with van der Waals surface area (Å²) in [6.07, 6.45) is 1.37. The van der Waals surface area contributed by atoms with E-state index in [0.717, 1.165) is 0 Å². The molecule has 186 valence electrons. The van der Waals surface area contributed by atoms with Gasteiger partial charge in [-0.25, -0.2) is 4.98 Å². The van der Waals surface area contributed by atoms with Crippen molar-refractivity contribution in [3.8, 4) is 40.0 Å². The van der Waals surface area contributed by atoms with Crippen LogP contribution in [0, 0.1) is 11.3 Å². The second kappa shape index (κ2) is 11.1. The number of hydrogen-bond acceptors (Lipinski definition) is 8. The van der Waals surface area contributed by atoms with E-state index in [-0.39, 0.29) is 22.9 Å². The first-order valence-corrected chi connectivity index (χ1v) is 11.4. The van der Waals surface area contributed by atoms with Crippen LogP contribution in [0.25, 0.3) is 28.1 Å². The average Bonchev–Trinajstić information content (AvgIpc) is 3.46. The van der Waals surface area contributed by atoms with Crippen molar-refractivity contribution in [2.75, 3.05) is 25.5 Å². The Morgan fingerprint density at radius 1 is 1.16 bits per heavy atom. The van der Waals surface area contributed by atoms with Crippen LogP contribution < -0.4 is 21.1 Å². The maximum Gasteiger partial charge on any atom is 0.292 e. The van der Waals surface area contributed by atoms with Crippen LogP contribution in [0.3, 0.4) is 0 Å². The number of methoxy groups -OCH3 is 1. The van der Waals surface area contributed by atoms with Crippen LogP contribution >= 0.6 is 0 Å². The van der Waals surface area contributed by atoms with Crippen molar-refractivity contribution in [3.63, 3.8) is 0 Å². The lowest BCUT2D eigenvalue weighted by Crippen LogP contribution is -2.21. The molecule has 0 bridgehead atoms. The van der Waals surface area contributed by atoms with Crippen LogP contribution in [0.4, 0.5) is 5.82 Å². The quantitative estimate of drug-likeness (QED) is 0.268. The van der Waals surface area contributed by atoms with E-state index in [2.05, 4.69) is 28.3 Å². The lowest BCUT2D eigenvalue weighted by Gasteiger charge is -2.19. The number of phenolic OH excluding ortho intramolecular Hbond substituents is 1. The average molecular weight is 496 g/mol. The van der Waals surface area contributed by atoms with E-state index in [1.54, 1.807) is 36.4 Å². The van der Waals surface area contributed by atoms with Gasteiger partial charge in [0.2, 0.25) is 0 Å². The summed E-state index contributed by atoms with van der Waals surface area (Å²) >= 11 is 0. The molecule has 0 saturated carbocycles. The summed E-state index contributed by atoms with van der Waals surface area (Å²) in [6, 6.07) is 19.0. The lowest BCUT2D eigenvalue weighted by molar-refractivity contribution is 0.0996. The molecule has 9 heteroatoms. The highest BCUT2D eigenvalue weighted by molar-refractivity contribution is 6.03. The summed E-state index contributed by atoms with van der Waals surface area (Å²) in [7, 11) is 1.52. The standard InChI is InChI=1S/C28H25N5O4/c1-17(31-13-12-29)18-8-5-9-19(26(18)36-2)21-15-23(20-7-3-4-10-24(20)34)32-27(22(21)16-30)33-28(35)25-11-6-14-37-25/h3-11,14-15,31,34H,1,12-13,29H2,2H3,(H,32,33,35). The fraction of sp³-hybridized carbons (Fsp3) is 0.107. The summed E-state index contributed by atoms with van der Waals surface area (Å²) in [4.78, 5) is 17.3. The molecule has 37 heavy (non-hydrogen) atoms. The molecule has 2 aromatic heterocycles. The van der Waals surface area contributed by atoms with Gasteiger partial charge >= 0.3 is 0 Å². The number of hydrogen-bond donors (Lipinski definition) is 4. The summed E-state index contributed by atoms with van der Waals surface area (Å²) in [5.74, 6) is -0.0518. The number of pyridine rings is 1. The van der Waals surface area contributed by atoms with Gasteiger partial charge in [-0.1, -0.05) is 30.8 Å². The number of furan rings is 1. The van der Waals surface area contributed by atoms with Crippen LogP contribution in [-0.2, 0) is 0 Å². The second-order valence-electron chi connectivity index (χ2n) is 7.92. The molecule has 0 aliphatic carbocycles. The number of aromatic nitrogens is 1. The van der Waals surface area contributed by atoms with E-state index in [9.17, 15) is 15.2 Å². The van der Waals surface area contributed by atoms with Gasteiger partial charge in [0, 0.05) is 41.0 Å². The molecule has 4 rings (SSSR count). The van der Waals surface area contributed by atoms with Gasteiger partial charge < -0.3 is 30.6 Å². The number of anilines is 1. The van der Waals surface area contributed by atoms with Crippen LogP contribution in [0.15, 0.2) is 77.9 Å². The molecule has 0 radical (unpaired) electrons. The molecule has 9 nitrogen and oxygen atoms in total. The van der Waals surface area contributed by atoms with Crippen molar-refractivity contribution in [1.29, 1.82) is 5.26 Å². The predicted octanol–water partition coefficient (Wildman–Crippen LogP) is 4.37. The molecule has 5 N–H and O–H groups in total. The van der Waals surface area contributed by atoms with Crippen molar-refractivity contribution in [2.24, 2.45) is 5.73 Å². The number of nitrogens with two attached hydrogens (primary N) is 1. The highest BCUT2D eigenvalue weighted by atomic mass is 16.5. The minimum absolute atomic E-state index is 0.00551. The number of nitrogens with zero attached hydrogens (tertiary/aromatic N) is 2. The number of ether oxygens (including phenoxy) is 1. The molecule has 0 atom stereocenters. The molecule has 4 aromatic rings. The van der Waals surface area contributed by atoms with Crippen molar-refractivity contribution >= 4 is 17.4 Å². The summed E-state index contributed by atoms with van der Waals surface area (Å²) in [5.41, 5.74) is 8.78. The Bertz CT molecular complexity index is 1490. The molecule has 0 spiro atoms. The Kier molecular flexibility index (Phi) is 7.52. The number of amides is 1. The van der Waals surface area contributed by atoms with Crippen LogP contribution in [0.1, 0.15) is 21.7 Å². The summed E-state index contributed by atoms with van der Waals surface area (Å²) < 4.78 is 11.0. The molecule has 2 heterocycles. The van der Waals surface area contributed by atoms with Crippen molar-refractivity contribution in [2.45, 2.75) is 0 Å². The number of nitrogens with one attached hydrogen (secondary N) is 2. The third-order valence-corrected chi connectivity index (χ3v) is 5.61. The number of nitriles is 1. The van der Waals surface area contributed by atoms with Crippen LogP contribution in [0.2, 0.25) is 0 Å². The third-order valence-electron chi connectivity index (χ3n) is 5.61. The van der Waals surface area contributed by atoms with Crippen molar-refractivity contribution in [1.82, 2.24) is 10.3 Å². The Morgan fingerprint density at radius 3 is 2.62 bits per heavy atom. The van der Waals surface area contributed by atoms with Gasteiger partial charge in [0.1, 0.15) is 23.1 Å². The second-order valence-corrected chi connectivity index (χ2v) is 7.92. The fourth-order valence-corrected chi connectivity index (χ4v) is 3.89. The summed E-state index contributed by atoms with van der Waals surface area (Å²) in [6.45, 7) is 5.03. The SMILES string of the molecule is C=C(NCCN)c1cccc(-c2cc(-c3ccccc3O)nc(NC(=O)c3ccco3)c2C#N)c1OC. The van der Waals surface area contributed by atoms with Crippen LogP contribution in [-0.4, -0.2) is 36.2 Å². The van der Waals surface area contributed by atoms with Gasteiger partial charge in [-0.15, -0.1) is 0 Å². The number of para-hydroxylation sites is 2. The number of carbonyl (C=O) groups is 1. The first-order chi connectivity index (χ1) is 18.0. The topological polar surface area (TPSA) is 146 Å². The molecule has 0 unspecified atom stereocenters. The number of aromatic hydroxyl groups is 1. The Labute approximate surface area is 213 Å². The zero-order valence-electron chi connectivity index (χ0n) is 20.1. The Morgan fingerprint density at radius 2 is 1.95 bits per heavy atom. The first kappa shape index (κ1) is 25.0. The largest absolute Gasteiger partial charge is 0.507 e. The lowest BCUT2D eigenvalue weighted by atomic mass is 9.95. The van der Waals surface area contributed by atoms with Gasteiger partial charge in [0.05, 0.1) is 19.1 Å². The highest BCUT2D eigenvalue weighted by Crippen LogP contribution is 2.41. The van der Waals surface area contributed by atoms with Crippen LogP contribution in [0.5, 0.6) is 11.5 Å². The maximum absolute atomic E-state index is 12.8. The predicted molar refractivity (Wildman–Crippen MR) is 141 cm³/mol. The minimum Gasteiger partial charge on any atom is -0.507 e. The Balaban J connectivity index is 1.95. The first-order valence-electron chi connectivity index (χ1n) is 11.4. The molecule has 0 saturated heterocycles. The van der Waals surface area contributed by atoms with Crippen molar-refractivity contribution in [3.05, 3.63) is 90.4 Å². The zero-order valence-corrected chi connectivity index (χ0v) is 20.1. The number of phenols is 1. The number of benzene rings is 2. The van der Waals surface area contributed by atoms with E-state index in [4.69, 9.17) is 14.9 Å². The van der Waals surface area contributed by atoms with E-state index in [0.29, 0.717) is 52.5 Å². The van der Waals surface area contributed by atoms with Gasteiger partial charge in [-0.05, 0) is 36.4 Å². The van der Waals surface area contributed by atoms with E-state index < -0.39 is 5.91 Å². The van der Waals surface area contributed by atoms with Crippen molar-refractivity contribution < 1.29 is 19.1 Å². The van der Waals surface area contributed by atoms with Gasteiger partial charge in [-0.2, -0.15) is 5.26 Å². The van der Waals surface area contributed by atoms with Gasteiger partial charge in [0.25, 0.3) is 5.91 Å². The molecular weight excluding hydrogens is 470 g/mol. The molecular formula is C28H25N5O4. The number of rotatable bonds is 9. The highest BCUT2D eigenvalue weighted by Gasteiger charge is 2.23. The number of carbonyl (C=O) groups excluding carboxylic acids is 1. The van der Waals surface area contributed by atoms with E-state index in [1.165, 1.54) is 25.5 Å². The zero-order chi connectivity index (χ0) is 26.4. The van der Waals surface area contributed by atoms with E-state index in [1.807, 2.05) is 12.1 Å². The summed E-state index contributed by atoms with van der Waals surface area (Å²) in [5, 5.41) is 26.5. The molecule has 0 fully saturated rings. The fourth-order valence-electron chi connectivity index (χ4n) is 3.89. The van der Waals surface area contributed by atoms with E-state index >= 15 is 0 Å². The maximum atomic E-state index is 12.8. The Hall–Kier alpha value is -5.07. The minimum atomic E-state index is -0.575. The van der Waals surface area contributed by atoms with Gasteiger partial charge in [0.15, 0.2) is 11.6 Å². The molecule has 0 aliphatic heterocycles. The molecule has 2 aromatic carbocycles.